The Morgan fingerprint density at radius 1 is 1.04 bits per heavy atom. The van der Waals surface area contributed by atoms with Crippen molar-refractivity contribution in [3.63, 3.8) is 0 Å². The van der Waals surface area contributed by atoms with Gasteiger partial charge in [0.1, 0.15) is 38.5 Å². The van der Waals surface area contributed by atoms with Crippen LogP contribution in [0, 0.1) is 5.82 Å². The van der Waals surface area contributed by atoms with Gasteiger partial charge in [-0.2, -0.15) is 0 Å². The third-order valence-corrected chi connectivity index (χ3v) is 5.85. The zero-order chi connectivity index (χ0) is 19.9. The van der Waals surface area contributed by atoms with Crippen LogP contribution in [0.15, 0.2) is 48.5 Å². The quantitative estimate of drug-likeness (QED) is 0.617. The number of halogens is 2. The van der Waals surface area contributed by atoms with E-state index in [0.717, 1.165) is 43.3 Å². The van der Waals surface area contributed by atoms with Crippen LogP contribution in [0.3, 0.4) is 0 Å². The first-order valence-corrected chi connectivity index (χ1v) is 10.3. The minimum absolute atomic E-state index is 0.0506. The van der Waals surface area contributed by atoms with Crippen LogP contribution in [0.5, 0.6) is 0 Å². The maximum absolute atomic E-state index is 12.9. The molecule has 1 heterocycles. The van der Waals surface area contributed by atoms with Crippen molar-refractivity contribution < 1.29 is 19.0 Å². The van der Waals surface area contributed by atoms with Crippen molar-refractivity contribution >= 4 is 17.5 Å². The van der Waals surface area contributed by atoms with Gasteiger partial charge in [-0.05, 0) is 43.2 Å². The van der Waals surface area contributed by atoms with Gasteiger partial charge in [0.25, 0.3) is 5.91 Å². The van der Waals surface area contributed by atoms with Gasteiger partial charge < -0.3 is 15.1 Å². The summed E-state index contributed by atoms with van der Waals surface area (Å²) in [5.41, 5.74) is 2.33. The van der Waals surface area contributed by atoms with Crippen molar-refractivity contribution in [3.05, 3.63) is 70.5 Å². The molecule has 1 aliphatic heterocycles. The van der Waals surface area contributed by atoms with Gasteiger partial charge in [-0.15, -0.1) is 0 Å². The topological polar surface area (TPSA) is 38.0 Å². The maximum atomic E-state index is 12.9. The first-order chi connectivity index (χ1) is 13.5. The Morgan fingerprint density at radius 2 is 1.64 bits per heavy atom. The van der Waals surface area contributed by atoms with E-state index in [4.69, 9.17) is 11.6 Å². The second kappa shape index (κ2) is 10.0. The number of hydrogen-bond donors (Lipinski definition) is 3. The van der Waals surface area contributed by atoms with E-state index < -0.39 is 0 Å². The highest BCUT2D eigenvalue weighted by molar-refractivity contribution is 6.30. The summed E-state index contributed by atoms with van der Waals surface area (Å²) in [5, 5.41) is 3.80. The Labute approximate surface area is 171 Å². The first-order valence-electron chi connectivity index (χ1n) is 9.96. The van der Waals surface area contributed by atoms with E-state index in [1.165, 1.54) is 22.6 Å². The molecule has 150 valence electrons. The van der Waals surface area contributed by atoms with Crippen LogP contribution in [-0.4, -0.2) is 44.7 Å². The maximum Gasteiger partial charge on any atom is 0.278 e. The number of rotatable bonds is 7. The number of benzene rings is 2. The second-order valence-corrected chi connectivity index (χ2v) is 8.04. The van der Waals surface area contributed by atoms with Crippen LogP contribution in [-0.2, 0) is 17.8 Å². The van der Waals surface area contributed by atoms with E-state index in [1.807, 2.05) is 19.1 Å². The van der Waals surface area contributed by atoms with Crippen molar-refractivity contribution in [2.75, 3.05) is 32.7 Å². The molecule has 6 heteroatoms. The summed E-state index contributed by atoms with van der Waals surface area (Å²) in [5.74, 6) is -0.138. The highest BCUT2D eigenvalue weighted by Gasteiger charge is 2.30. The molecule has 0 unspecified atom stereocenters. The van der Waals surface area contributed by atoms with E-state index in [0.29, 0.717) is 13.0 Å². The zero-order valence-electron chi connectivity index (χ0n) is 16.3. The third kappa shape index (κ3) is 6.03. The number of quaternary nitrogens is 2. The van der Waals surface area contributed by atoms with Gasteiger partial charge in [-0.3, -0.25) is 4.79 Å². The normalized spacial score (nSPS) is 20.5. The Balaban J connectivity index is 1.38. The molecular weight excluding hydrogens is 377 g/mol. The monoisotopic (exact) mass is 405 g/mol. The van der Waals surface area contributed by atoms with E-state index in [9.17, 15) is 9.18 Å². The summed E-state index contributed by atoms with van der Waals surface area (Å²) in [4.78, 5) is 15.4. The molecule has 28 heavy (non-hydrogen) atoms. The molecule has 1 fully saturated rings. The lowest BCUT2D eigenvalue weighted by atomic mass is 10.1. The van der Waals surface area contributed by atoms with Crippen molar-refractivity contribution in [2.45, 2.75) is 25.9 Å². The lowest BCUT2D eigenvalue weighted by Crippen LogP contribution is -3.29. The fourth-order valence-electron chi connectivity index (χ4n) is 3.74. The van der Waals surface area contributed by atoms with Gasteiger partial charge in [0.05, 0.1) is 0 Å². The number of carbonyl (C=O) groups excluding carboxylic acids is 1. The van der Waals surface area contributed by atoms with Gasteiger partial charge >= 0.3 is 0 Å². The number of carbonyl (C=O) groups is 1. The number of amides is 1. The molecule has 1 atom stereocenters. The summed E-state index contributed by atoms with van der Waals surface area (Å²) in [6.45, 7) is 7.70. The van der Waals surface area contributed by atoms with Crippen LogP contribution < -0.4 is 15.1 Å². The molecule has 0 aliphatic carbocycles. The van der Waals surface area contributed by atoms with Crippen LogP contribution in [0.2, 0.25) is 5.02 Å². The Morgan fingerprint density at radius 3 is 2.29 bits per heavy atom. The zero-order valence-corrected chi connectivity index (χ0v) is 17.1. The average molecular weight is 406 g/mol. The molecular formula is C22H29ClFN3O+2. The van der Waals surface area contributed by atoms with Crippen molar-refractivity contribution in [3.8, 4) is 0 Å². The first kappa shape index (κ1) is 20.8. The SMILES string of the molecule is C[C@@H](C(=O)NCCc1ccc(F)cc1)[NH+]1CC[NH+](Cc2ccc(Cl)cc2)CC1. The largest absolute Gasteiger partial charge is 0.351 e. The number of piperazine rings is 1. The Kier molecular flexibility index (Phi) is 7.43. The molecule has 2 aromatic carbocycles. The number of nitrogens with one attached hydrogen (secondary N) is 3. The molecule has 0 spiro atoms. The molecule has 4 nitrogen and oxygen atoms in total. The molecule has 0 aromatic heterocycles. The minimum Gasteiger partial charge on any atom is -0.351 e. The van der Waals surface area contributed by atoms with E-state index in [2.05, 4.69) is 17.4 Å². The lowest BCUT2D eigenvalue weighted by molar-refractivity contribution is -1.02. The third-order valence-electron chi connectivity index (χ3n) is 5.60. The smallest absolute Gasteiger partial charge is 0.278 e. The van der Waals surface area contributed by atoms with Crippen molar-refractivity contribution in [1.82, 2.24) is 5.32 Å². The molecule has 1 saturated heterocycles. The average Bonchev–Trinajstić information content (AvgIpc) is 2.71. The highest BCUT2D eigenvalue weighted by Crippen LogP contribution is 2.08. The van der Waals surface area contributed by atoms with E-state index >= 15 is 0 Å². The van der Waals surface area contributed by atoms with Crippen LogP contribution in [0.4, 0.5) is 4.39 Å². The Hall–Kier alpha value is -1.95. The van der Waals surface area contributed by atoms with Gasteiger partial charge in [0.2, 0.25) is 0 Å². The second-order valence-electron chi connectivity index (χ2n) is 7.60. The van der Waals surface area contributed by atoms with Gasteiger partial charge in [-0.1, -0.05) is 35.9 Å². The van der Waals surface area contributed by atoms with E-state index in [-0.39, 0.29) is 17.8 Å². The van der Waals surface area contributed by atoms with Gasteiger partial charge in [-0.25, -0.2) is 4.39 Å². The van der Waals surface area contributed by atoms with Crippen molar-refractivity contribution in [2.24, 2.45) is 0 Å². The molecule has 3 N–H and O–H groups in total. The predicted molar refractivity (Wildman–Crippen MR) is 109 cm³/mol. The minimum atomic E-state index is -0.234. The molecule has 1 amide bonds. The van der Waals surface area contributed by atoms with Gasteiger partial charge in [0, 0.05) is 17.1 Å². The molecule has 3 rings (SSSR count). The Bertz CT molecular complexity index is 758. The standard InChI is InChI=1S/C22H27ClFN3O/c1-17(22(28)25-11-10-18-4-8-21(24)9-5-18)27-14-12-26(13-15-27)16-19-2-6-20(23)7-3-19/h2-9,17H,10-16H2,1H3,(H,25,28)/p+2/t17-/m0/s1. The van der Waals surface area contributed by atoms with Crippen LogP contribution in [0.25, 0.3) is 0 Å². The molecule has 0 radical (unpaired) electrons. The summed E-state index contributed by atoms with van der Waals surface area (Å²) in [6, 6.07) is 14.4. The highest BCUT2D eigenvalue weighted by atomic mass is 35.5. The van der Waals surface area contributed by atoms with Gasteiger partial charge in [0.15, 0.2) is 6.04 Å². The summed E-state index contributed by atoms with van der Waals surface area (Å²) in [6.07, 6.45) is 0.715. The molecule has 2 aromatic rings. The fourth-order valence-corrected chi connectivity index (χ4v) is 3.87. The lowest BCUT2D eigenvalue weighted by Gasteiger charge is -2.32. The molecule has 1 aliphatic rings. The molecule has 0 saturated carbocycles. The summed E-state index contributed by atoms with van der Waals surface area (Å²) in [7, 11) is 0. The van der Waals surface area contributed by atoms with Crippen LogP contribution >= 0.6 is 11.6 Å². The summed E-state index contributed by atoms with van der Waals surface area (Å²) >= 11 is 5.95. The number of hydrogen-bond acceptors (Lipinski definition) is 1. The van der Waals surface area contributed by atoms with Crippen LogP contribution in [0.1, 0.15) is 18.1 Å². The van der Waals surface area contributed by atoms with Crippen molar-refractivity contribution in [1.29, 1.82) is 0 Å². The molecule has 0 bridgehead atoms. The predicted octanol–water partition coefficient (Wildman–Crippen LogP) is 0.510. The fraction of sp³-hybridized carbons (Fsp3) is 0.409. The summed E-state index contributed by atoms with van der Waals surface area (Å²) < 4.78 is 12.9. The van der Waals surface area contributed by atoms with E-state index in [1.54, 1.807) is 17.0 Å².